The summed E-state index contributed by atoms with van der Waals surface area (Å²) in [5.74, 6) is -2.47. The molecule has 1 unspecified atom stereocenters. The summed E-state index contributed by atoms with van der Waals surface area (Å²) in [5.41, 5.74) is 9.81. The fourth-order valence-corrected chi connectivity index (χ4v) is 0.421. The van der Waals surface area contributed by atoms with Crippen LogP contribution >= 0.6 is 0 Å². The molecule has 0 saturated heterocycles. The van der Waals surface area contributed by atoms with Gasteiger partial charge in [0.05, 0.1) is 0 Å². The Kier molecular flexibility index (Phi) is 35.9. The molecule has 0 aromatic heterocycles. The van der Waals surface area contributed by atoms with E-state index in [1.165, 1.54) is 0 Å². The predicted molar refractivity (Wildman–Crippen MR) is 68.8 cm³/mol. The van der Waals surface area contributed by atoms with E-state index in [4.69, 9.17) is 26.5 Å². The van der Waals surface area contributed by atoms with Crippen LogP contribution in [0, 0.1) is 0 Å². The van der Waals surface area contributed by atoms with Crippen molar-refractivity contribution in [3.05, 3.63) is 0 Å². The number of hydrogen-bond acceptors (Lipinski definition) is 4. The van der Waals surface area contributed by atoms with Crippen LogP contribution in [0.25, 0.3) is 0 Å². The van der Waals surface area contributed by atoms with Crippen LogP contribution in [0.1, 0.15) is 19.8 Å². The SMILES string of the molecule is CC(=O)O.NC(=O)CCC(N)C(=O)O.[NaH].[NaH].[NaH]. The van der Waals surface area contributed by atoms with Gasteiger partial charge in [-0.1, -0.05) is 0 Å². The number of carboxylic acids is 2. The number of primary amides is 1. The van der Waals surface area contributed by atoms with Crippen LogP contribution in [-0.4, -0.2) is 123 Å². The first-order valence-electron chi connectivity index (χ1n) is 3.73. The van der Waals surface area contributed by atoms with Gasteiger partial charge in [0.1, 0.15) is 6.04 Å². The van der Waals surface area contributed by atoms with E-state index in [0.29, 0.717) is 0 Å². The molecule has 0 aliphatic rings. The molecule has 0 fully saturated rings. The Morgan fingerprint density at radius 1 is 1.12 bits per heavy atom. The molecule has 0 rings (SSSR count). The summed E-state index contributed by atoms with van der Waals surface area (Å²) in [4.78, 5) is 29.1. The zero-order valence-corrected chi connectivity index (χ0v) is 7.77. The Hall–Kier alpha value is 1.37. The molecule has 0 aromatic carbocycles. The van der Waals surface area contributed by atoms with Crippen molar-refractivity contribution in [1.82, 2.24) is 0 Å². The molecule has 6 N–H and O–H groups in total. The van der Waals surface area contributed by atoms with Gasteiger partial charge in [0, 0.05) is 13.3 Å². The molecule has 0 saturated carbocycles. The number of carboxylic acid groups (broad SMARTS) is 2. The first-order chi connectivity index (χ1) is 6.27. The van der Waals surface area contributed by atoms with Crippen molar-refractivity contribution >= 4 is 107 Å². The Morgan fingerprint density at radius 2 is 1.41 bits per heavy atom. The molecule has 0 radical (unpaired) electrons. The van der Waals surface area contributed by atoms with E-state index >= 15 is 0 Å². The van der Waals surface area contributed by atoms with Crippen molar-refractivity contribution in [3.63, 3.8) is 0 Å². The van der Waals surface area contributed by atoms with E-state index in [9.17, 15) is 9.59 Å². The number of nitrogens with two attached hydrogens (primary N) is 2. The molecule has 0 heterocycles. The zero-order chi connectivity index (χ0) is 11.7. The summed E-state index contributed by atoms with van der Waals surface area (Å²) in [7, 11) is 0. The van der Waals surface area contributed by atoms with Gasteiger partial charge in [0.25, 0.3) is 5.97 Å². The maximum absolute atomic E-state index is 10.1. The fourth-order valence-electron chi connectivity index (χ4n) is 0.421. The quantitative estimate of drug-likeness (QED) is 0.399. The molecule has 0 spiro atoms. The van der Waals surface area contributed by atoms with Crippen molar-refractivity contribution in [3.8, 4) is 0 Å². The van der Waals surface area contributed by atoms with E-state index in [-0.39, 0.29) is 102 Å². The van der Waals surface area contributed by atoms with Crippen LogP contribution in [-0.2, 0) is 14.4 Å². The predicted octanol–water partition coefficient (Wildman–Crippen LogP) is -3.19. The number of rotatable bonds is 4. The van der Waals surface area contributed by atoms with Crippen molar-refractivity contribution in [2.45, 2.75) is 25.8 Å². The van der Waals surface area contributed by atoms with Crippen molar-refractivity contribution < 1.29 is 24.6 Å². The third-order valence-corrected chi connectivity index (χ3v) is 1.02. The van der Waals surface area contributed by atoms with E-state index in [0.717, 1.165) is 6.92 Å². The van der Waals surface area contributed by atoms with Gasteiger partial charge in [-0.2, -0.15) is 0 Å². The minimum atomic E-state index is -1.11. The Balaban J connectivity index is -0.0000000607. The summed E-state index contributed by atoms with van der Waals surface area (Å²) in [5, 5.41) is 15.6. The monoisotopic (exact) mass is 278 g/mol. The average molecular weight is 278 g/mol. The molecular formula is C7H17N2Na3O5. The summed E-state index contributed by atoms with van der Waals surface area (Å²) >= 11 is 0. The van der Waals surface area contributed by atoms with Crippen LogP contribution in [0.5, 0.6) is 0 Å². The first-order valence-corrected chi connectivity index (χ1v) is 3.73. The first kappa shape index (κ1) is 31.0. The second-order valence-corrected chi connectivity index (χ2v) is 2.47. The van der Waals surface area contributed by atoms with Gasteiger partial charge in [-0.3, -0.25) is 14.4 Å². The fraction of sp³-hybridized carbons (Fsp3) is 0.571. The van der Waals surface area contributed by atoms with Crippen molar-refractivity contribution in [1.29, 1.82) is 0 Å². The molecule has 0 aliphatic carbocycles. The molecule has 0 aliphatic heterocycles. The van der Waals surface area contributed by atoms with Crippen LogP contribution in [0.4, 0.5) is 0 Å². The van der Waals surface area contributed by atoms with Crippen LogP contribution in [0.15, 0.2) is 0 Å². The molecule has 1 atom stereocenters. The number of aliphatic carboxylic acids is 2. The number of hydrogen-bond donors (Lipinski definition) is 4. The summed E-state index contributed by atoms with van der Waals surface area (Å²) in [6.45, 7) is 1.08. The Labute approximate surface area is 166 Å². The van der Waals surface area contributed by atoms with Crippen molar-refractivity contribution in [2.75, 3.05) is 0 Å². The van der Waals surface area contributed by atoms with Gasteiger partial charge in [0.15, 0.2) is 0 Å². The third-order valence-electron chi connectivity index (χ3n) is 1.02. The van der Waals surface area contributed by atoms with Gasteiger partial charge in [-0.25, -0.2) is 0 Å². The van der Waals surface area contributed by atoms with Gasteiger partial charge in [-0.15, -0.1) is 0 Å². The van der Waals surface area contributed by atoms with Gasteiger partial charge >= 0.3 is 94.6 Å². The normalized spacial score (nSPS) is 8.82. The van der Waals surface area contributed by atoms with Crippen LogP contribution in [0.3, 0.4) is 0 Å². The zero-order valence-electron chi connectivity index (χ0n) is 7.77. The van der Waals surface area contributed by atoms with Crippen LogP contribution < -0.4 is 11.5 Å². The van der Waals surface area contributed by atoms with E-state index in [1.54, 1.807) is 0 Å². The molecule has 0 aromatic rings. The average Bonchev–Trinajstić information content (AvgIpc) is 1.98. The molecule has 0 bridgehead atoms. The Morgan fingerprint density at radius 3 is 1.59 bits per heavy atom. The summed E-state index contributed by atoms with van der Waals surface area (Å²) in [6, 6.07) is -0.979. The third kappa shape index (κ3) is 38.2. The standard InChI is InChI=1S/C5H10N2O3.C2H4O2.3Na.3H/c6-3(5(9)10)1-2-4(7)8;1-2(3)4;;;;;;/h3H,1-2,6H2,(H2,7,8)(H,9,10);1H3,(H,3,4);;;;;;. The topological polar surface area (TPSA) is 144 Å². The minimum absolute atomic E-state index is 0. The van der Waals surface area contributed by atoms with Gasteiger partial charge in [0.2, 0.25) is 5.91 Å². The molecule has 88 valence electrons. The number of amides is 1. The molecule has 1 amide bonds. The summed E-state index contributed by atoms with van der Waals surface area (Å²) in [6.07, 6.45) is 0.123. The molecular weight excluding hydrogens is 261 g/mol. The maximum atomic E-state index is 10.1. The Bertz CT molecular complexity index is 224. The molecule has 10 heteroatoms. The molecule has 17 heavy (non-hydrogen) atoms. The summed E-state index contributed by atoms with van der Waals surface area (Å²) < 4.78 is 0. The van der Waals surface area contributed by atoms with Crippen LogP contribution in [0.2, 0.25) is 0 Å². The van der Waals surface area contributed by atoms with Crippen molar-refractivity contribution in [2.24, 2.45) is 11.5 Å². The number of carbonyl (C=O) groups excluding carboxylic acids is 1. The second-order valence-electron chi connectivity index (χ2n) is 2.47. The van der Waals surface area contributed by atoms with E-state index in [2.05, 4.69) is 0 Å². The number of carbonyl (C=O) groups is 3. The second kappa shape index (κ2) is 19.7. The van der Waals surface area contributed by atoms with E-state index < -0.39 is 23.9 Å². The molecule has 7 nitrogen and oxygen atoms in total. The van der Waals surface area contributed by atoms with E-state index in [1.807, 2.05) is 0 Å². The van der Waals surface area contributed by atoms with Gasteiger partial charge < -0.3 is 21.7 Å². The van der Waals surface area contributed by atoms with Gasteiger partial charge in [-0.05, 0) is 6.42 Å².